The fraction of sp³-hybridized carbons (Fsp3) is 0.250. The van der Waals surface area contributed by atoms with Crippen LogP contribution in [0.25, 0.3) is 17.5 Å². The molecule has 0 atom stereocenters. The lowest BCUT2D eigenvalue weighted by Gasteiger charge is -2.32. The van der Waals surface area contributed by atoms with Gasteiger partial charge in [0.25, 0.3) is 0 Å². The minimum absolute atomic E-state index is 0.422. The molecule has 4 rings (SSSR count). The van der Waals surface area contributed by atoms with Gasteiger partial charge in [-0.15, -0.1) is 0 Å². The smallest absolute Gasteiger partial charge is 0.241 e. The largest absolute Gasteiger partial charge is 0.338 e. The van der Waals surface area contributed by atoms with Crippen LogP contribution >= 0.6 is 0 Å². The normalized spacial score (nSPS) is 16.4. The Morgan fingerprint density at radius 3 is 2.55 bits per heavy atom. The molecular formula is C20H21N5O3S. The van der Waals surface area contributed by atoms with Crippen LogP contribution in [0, 0.1) is 0 Å². The highest BCUT2D eigenvalue weighted by molar-refractivity contribution is 7.92. The summed E-state index contributed by atoms with van der Waals surface area (Å²) in [5.41, 5.74) is 1.65. The lowest BCUT2D eigenvalue weighted by molar-refractivity contribution is 0.164. The molecule has 0 saturated carbocycles. The van der Waals surface area contributed by atoms with Gasteiger partial charge in [-0.1, -0.05) is 35.5 Å². The van der Waals surface area contributed by atoms with E-state index in [-0.39, 0.29) is 0 Å². The maximum Gasteiger partial charge on any atom is 0.241 e. The van der Waals surface area contributed by atoms with Gasteiger partial charge in [-0.05, 0) is 23.8 Å². The molecule has 0 bridgehead atoms. The fourth-order valence-corrected chi connectivity index (χ4v) is 4.25. The fourth-order valence-electron chi connectivity index (χ4n) is 3.08. The van der Waals surface area contributed by atoms with E-state index in [9.17, 15) is 8.42 Å². The predicted molar refractivity (Wildman–Crippen MR) is 109 cm³/mol. The van der Waals surface area contributed by atoms with E-state index in [1.165, 1.54) is 9.71 Å². The Kier molecular flexibility index (Phi) is 5.79. The van der Waals surface area contributed by atoms with Crippen LogP contribution in [-0.4, -0.2) is 58.9 Å². The zero-order chi connectivity index (χ0) is 20.1. The highest BCUT2D eigenvalue weighted by Crippen LogP contribution is 2.16. The second-order valence-corrected chi connectivity index (χ2v) is 8.51. The molecule has 0 aliphatic carbocycles. The summed E-state index contributed by atoms with van der Waals surface area (Å²) in [5, 5.41) is 5.27. The first-order chi connectivity index (χ1) is 14.1. The first kappa shape index (κ1) is 19.4. The topological polar surface area (TPSA) is 92.4 Å². The number of rotatable bonds is 6. The van der Waals surface area contributed by atoms with Crippen molar-refractivity contribution in [1.82, 2.24) is 24.3 Å². The highest BCUT2D eigenvalue weighted by atomic mass is 32.2. The SMILES string of the molecule is O=S(=O)(/C=C/c1ccccc1)N1CCN(Cc2nc(-c3cccnc3)no2)CC1. The van der Waals surface area contributed by atoms with E-state index in [0.717, 1.165) is 11.1 Å². The van der Waals surface area contributed by atoms with Gasteiger partial charge < -0.3 is 4.52 Å². The highest BCUT2D eigenvalue weighted by Gasteiger charge is 2.26. The average Bonchev–Trinajstić information content (AvgIpc) is 3.23. The molecule has 29 heavy (non-hydrogen) atoms. The van der Waals surface area contributed by atoms with E-state index in [1.54, 1.807) is 18.5 Å². The van der Waals surface area contributed by atoms with Crippen molar-refractivity contribution in [3.8, 4) is 11.4 Å². The van der Waals surface area contributed by atoms with Crippen LogP contribution < -0.4 is 0 Å². The molecule has 3 aromatic rings. The monoisotopic (exact) mass is 411 g/mol. The van der Waals surface area contributed by atoms with Crippen molar-refractivity contribution < 1.29 is 12.9 Å². The third kappa shape index (κ3) is 4.94. The van der Waals surface area contributed by atoms with Crippen molar-refractivity contribution in [1.29, 1.82) is 0 Å². The lowest BCUT2D eigenvalue weighted by Crippen LogP contribution is -2.47. The molecule has 2 aromatic heterocycles. The maximum absolute atomic E-state index is 12.6. The van der Waals surface area contributed by atoms with Gasteiger partial charge in [0.2, 0.25) is 21.7 Å². The lowest BCUT2D eigenvalue weighted by atomic mass is 10.2. The Hall–Kier alpha value is -2.88. The van der Waals surface area contributed by atoms with Crippen LogP contribution in [0.5, 0.6) is 0 Å². The molecule has 1 aromatic carbocycles. The van der Waals surface area contributed by atoms with E-state index in [4.69, 9.17) is 4.52 Å². The second-order valence-electron chi connectivity index (χ2n) is 6.69. The molecule has 8 nitrogen and oxygen atoms in total. The molecular weight excluding hydrogens is 390 g/mol. The Balaban J connectivity index is 1.33. The molecule has 1 aliphatic heterocycles. The molecule has 0 radical (unpaired) electrons. The number of aromatic nitrogens is 3. The van der Waals surface area contributed by atoms with Crippen molar-refractivity contribution in [2.75, 3.05) is 26.2 Å². The maximum atomic E-state index is 12.6. The predicted octanol–water partition coefficient (Wildman–Crippen LogP) is 2.25. The van der Waals surface area contributed by atoms with E-state index in [1.807, 2.05) is 42.5 Å². The minimum Gasteiger partial charge on any atom is -0.338 e. The minimum atomic E-state index is -3.44. The van der Waals surface area contributed by atoms with Crippen LogP contribution in [-0.2, 0) is 16.6 Å². The number of hydrogen-bond donors (Lipinski definition) is 0. The van der Waals surface area contributed by atoms with E-state index < -0.39 is 10.0 Å². The number of pyridine rings is 1. The van der Waals surface area contributed by atoms with Gasteiger partial charge in [0.15, 0.2) is 0 Å². The molecule has 1 saturated heterocycles. The second kappa shape index (κ2) is 8.64. The number of benzene rings is 1. The van der Waals surface area contributed by atoms with E-state index >= 15 is 0 Å². The summed E-state index contributed by atoms with van der Waals surface area (Å²) in [7, 11) is -3.44. The van der Waals surface area contributed by atoms with Crippen LogP contribution in [0.1, 0.15) is 11.5 Å². The van der Waals surface area contributed by atoms with Crippen LogP contribution in [0.2, 0.25) is 0 Å². The number of sulfonamides is 1. The van der Waals surface area contributed by atoms with Crippen molar-refractivity contribution in [2.24, 2.45) is 0 Å². The van der Waals surface area contributed by atoms with Crippen LogP contribution in [0.3, 0.4) is 0 Å². The summed E-state index contributed by atoms with van der Waals surface area (Å²) < 4.78 is 31.9. The molecule has 3 heterocycles. The Morgan fingerprint density at radius 1 is 1.03 bits per heavy atom. The molecule has 1 aliphatic rings. The van der Waals surface area contributed by atoms with Crippen molar-refractivity contribution in [2.45, 2.75) is 6.54 Å². The van der Waals surface area contributed by atoms with Crippen molar-refractivity contribution >= 4 is 16.1 Å². The number of hydrogen-bond acceptors (Lipinski definition) is 7. The zero-order valence-corrected chi connectivity index (χ0v) is 16.6. The van der Waals surface area contributed by atoms with Gasteiger partial charge in [0.1, 0.15) is 0 Å². The van der Waals surface area contributed by atoms with Crippen molar-refractivity contribution in [3.05, 3.63) is 71.7 Å². The average molecular weight is 411 g/mol. The summed E-state index contributed by atoms with van der Waals surface area (Å²) in [6.45, 7) is 2.53. The third-order valence-corrected chi connectivity index (χ3v) is 6.23. The molecule has 0 amide bonds. The molecule has 150 valence electrons. The molecule has 0 spiro atoms. The molecule has 9 heteroatoms. The quantitative estimate of drug-likeness (QED) is 0.614. The van der Waals surface area contributed by atoms with Gasteiger partial charge in [0.05, 0.1) is 6.54 Å². The van der Waals surface area contributed by atoms with Gasteiger partial charge in [-0.25, -0.2) is 8.42 Å². The van der Waals surface area contributed by atoms with E-state index in [0.29, 0.717) is 44.4 Å². The first-order valence-electron chi connectivity index (χ1n) is 9.29. The molecule has 1 fully saturated rings. The first-order valence-corrected chi connectivity index (χ1v) is 10.8. The Bertz CT molecular complexity index is 1060. The third-order valence-electron chi connectivity index (χ3n) is 4.67. The van der Waals surface area contributed by atoms with Gasteiger partial charge in [0, 0.05) is 49.5 Å². The molecule has 0 N–H and O–H groups in total. The van der Waals surface area contributed by atoms with Crippen LogP contribution in [0.15, 0.2) is 64.8 Å². The van der Waals surface area contributed by atoms with Gasteiger partial charge in [-0.2, -0.15) is 9.29 Å². The summed E-state index contributed by atoms with van der Waals surface area (Å²) >= 11 is 0. The standard InChI is InChI=1S/C20H21N5O3S/c26-29(27,14-8-17-5-2-1-3-6-17)25-12-10-24(11-13-25)16-19-22-20(23-28-19)18-7-4-9-21-15-18/h1-9,14-15H,10-13,16H2/b14-8+. The Morgan fingerprint density at radius 2 is 1.83 bits per heavy atom. The van der Waals surface area contributed by atoms with Crippen LogP contribution in [0.4, 0.5) is 0 Å². The summed E-state index contributed by atoms with van der Waals surface area (Å²) in [4.78, 5) is 10.6. The van der Waals surface area contributed by atoms with Gasteiger partial charge in [-0.3, -0.25) is 9.88 Å². The molecule has 0 unspecified atom stereocenters. The number of nitrogens with zero attached hydrogens (tertiary/aromatic N) is 5. The summed E-state index contributed by atoms with van der Waals surface area (Å²) in [5.74, 6) is 1.00. The number of piperazine rings is 1. The summed E-state index contributed by atoms with van der Waals surface area (Å²) in [6.07, 6.45) is 4.99. The zero-order valence-electron chi connectivity index (χ0n) is 15.8. The van der Waals surface area contributed by atoms with Gasteiger partial charge >= 0.3 is 0 Å². The Labute approximate surface area is 169 Å². The van der Waals surface area contributed by atoms with Crippen molar-refractivity contribution in [3.63, 3.8) is 0 Å². The summed E-state index contributed by atoms with van der Waals surface area (Å²) in [6, 6.07) is 13.1. The van der Waals surface area contributed by atoms with E-state index in [2.05, 4.69) is 20.0 Å².